The average Bonchev–Trinajstić information content (AvgIpc) is 3.07. The summed E-state index contributed by atoms with van der Waals surface area (Å²) in [7, 11) is -1.50. The van der Waals surface area contributed by atoms with Gasteiger partial charge < -0.3 is 19.9 Å². The molecular weight excluding hydrogens is 602 g/mol. The number of nitrogens with one attached hydrogen (secondary N) is 1. The van der Waals surface area contributed by atoms with Crippen molar-refractivity contribution < 1.29 is 17.9 Å². The minimum absolute atomic E-state index is 0.00606. The molecule has 1 N–H and O–H groups in total. The molecule has 5 rings (SSSR count). The van der Waals surface area contributed by atoms with Gasteiger partial charge in [0.25, 0.3) is 5.91 Å². The van der Waals surface area contributed by atoms with Crippen molar-refractivity contribution in [1.29, 1.82) is 5.26 Å². The van der Waals surface area contributed by atoms with Crippen LogP contribution in [0, 0.1) is 18.3 Å². The lowest BCUT2D eigenvalue weighted by atomic mass is 9.85. The van der Waals surface area contributed by atoms with E-state index in [4.69, 9.17) is 4.74 Å². The molecule has 0 spiro atoms. The van der Waals surface area contributed by atoms with Gasteiger partial charge in [0.1, 0.15) is 17.8 Å². The number of nitrogens with zero attached hydrogens (tertiary/aromatic N) is 6. The van der Waals surface area contributed by atoms with Crippen molar-refractivity contribution in [2.45, 2.75) is 95.4 Å². The Morgan fingerprint density at radius 1 is 1.07 bits per heavy atom. The molecule has 12 heteroatoms. The number of piperidine rings is 2. The van der Waals surface area contributed by atoms with Crippen LogP contribution in [0.1, 0.15) is 92.1 Å². The van der Waals surface area contributed by atoms with Crippen LogP contribution in [-0.2, 0) is 20.2 Å². The molecule has 4 heterocycles. The number of carbonyl (C=O) groups excluding carboxylic acids is 1. The minimum atomic E-state index is -3.18. The second-order valence-corrected chi connectivity index (χ2v) is 15.7. The Hall–Kier alpha value is -3.11. The second kappa shape index (κ2) is 14.3. The third kappa shape index (κ3) is 7.88. The summed E-state index contributed by atoms with van der Waals surface area (Å²) in [6.45, 7) is 9.43. The fraction of sp³-hybridized carbons (Fsp3) is 0.647. The van der Waals surface area contributed by atoms with E-state index in [1.165, 1.54) is 16.9 Å². The number of likely N-dealkylation sites (tertiary alicyclic amines) is 2. The highest BCUT2D eigenvalue weighted by molar-refractivity contribution is 7.88. The van der Waals surface area contributed by atoms with Crippen molar-refractivity contribution >= 4 is 21.7 Å². The van der Waals surface area contributed by atoms with Gasteiger partial charge in [0.15, 0.2) is 0 Å². The van der Waals surface area contributed by atoms with E-state index in [1.807, 2.05) is 37.8 Å². The zero-order valence-corrected chi connectivity index (χ0v) is 28.7. The standard InChI is InChI=1S/C34H49N7O4S/c1-24-31(33(42)41-19-15-28(16-20-41)40-17-13-27(14-18-40)39(4)46(5,43)44)37-23-38-32(24)36-21-29-7-6-8-30(45-29)25-9-11-26(12-10-25)34(2,3)22-35/h9-12,23,27-30H,6-8,13-21H2,1-5H3,(H,36,37,38). The van der Waals surface area contributed by atoms with E-state index in [-0.39, 0.29) is 24.2 Å². The highest BCUT2D eigenvalue weighted by Gasteiger charge is 2.33. The van der Waals surface area contributed by atoms with Crippen molar-refractivity contribution in [3.63, 3.8) is 0 Å². The number of carbonyl (C=O) groups is 1. The molecule has 0 radical (unpaired) electrons. The van der Waals surface area contributed by atoms with Gasteiger partial charge in [-0.05, 0) is 89.9 Å². The Labute approximate surface area is 274 Å². The number of ether oxygens (including phenoxy) is 1. The summed E-state index contributed by atoms with van der Waals surface area (Å²) in [4.78, 5) is 26.8. The SMILES string of the molecule is Cc1c(NCC2CCCC(c3ccc(C(C)(C)C#N)cc3)O2)ncnc1C(=O)N1CCC(N2CCC(N(C)S(C)(=O)=O)CC2)CC1. The molecule has 2 unspecified atom stereocenters. The number of hydrogen-bond acceptors (Lipinski definition) is 9. The van der Waals surface area contributed by atoms with Gasteiger partial charge in [-0.1, -0.05) is 24.3 Å². The first kappa shape index (κ1) is 34.2. The van der Waals surface area contributed by atoms with Gasteiger partial charge in [-0.15, -0.1) is 0 Å². The van der Waals surface area contributed by atoms with Crippen LogP contribution >= 0.6 is 0 Å². The van der Waals surface area contributed by atoms with Gasteiger partial charge in [0, 0.05) is 44.3 Å². The molecule has 11 nitrogen and oxygen atoms in total. The monoisotopic (exact) mass is 651 g/mol. The first-order valence-electron chi connectivity index (χ1n) is 16.6. The van der Waals surface area contributed by atoms with Crippen LogP contribution in [0.4, 0.5) is 5.82 Å². The van der Waals surface area contributed by atoms with E-state index in [1.54, 1.807) is 7.05 Å². The Bertz CT molecular complexity index is 1510. The zero-order chi connectivity index (χ0) is 33.1. The summed E-state index contributed by atoms with van der Waals surface area (Å²) in [5.74, 6) is 0.593. The van der Waals surface area contributed by atoms with Crippen molar-refractivity contribution in [3.8, 4) is 6.07 Å². The molecule has 0 saturated carbocycles. The molecule has 2 atom stereocenters. The van der Waals surface area contributed by atoms with Crippen molar-refractivity contribution in [2.24, 2.45) is 0 Å². The predicted molar refractivity (Wildman–Crippen MR) is 178 cm³/mol. The summed E-state index contributed by atoms with van der Waals surface area (Å²) in [5, 5.41) is 12.9. The number of amides is 1. The summed E-state index contributed by atoms with van der Waals surface area (Å²) in [6, 6.07) is 11.0. The molecule has 3 saturated heterocycles. The fourth-order valence-electron chi connectivity index (χ4n) is 7.00. The van der Waals surface area contributed by atoms with Crippen LogP contribution in [-0.4, -0.2) is 103 Å². The van der Waals surface area contributed by atoms with Crippen LogP contribution in [0.25, 0.3) is 0 Å². The quantitative estimate of drug-likeness (QED) is 0.422. The van der Waals surface area contributed by atoms with Crippen LogP contribution in [0.15, 0.2) is 30.6 Å². The molecule has 1 aromatic heterocycles. The maximum Gasteiger partial charge on any atom is 0.272 e. The Morgan fingerprint density at radius 2 is 1.74 bits per heavy atom. The van der Waals surface area contributed by atoms with Crippen molar-refractivity contribution in [3.05, 3.63) is 53.0 Å². The lowest BCUT2D eigenvalue weighted by Crippen LogP contribution is -2.52. The Balaban J connectivity index is 1.12. The van der Waals surface area contributed by atoms with Gasteiger partial charge in [-0.25, -0.2) is 22.7 Å². The van der Waals surface area contributed by atoms with Gasteiger partial charge in [-0.2, -0.15) is 5.26 Å². The molecule has 3 aliphatic heterocycles. The van der Waals surface area contributed by atoms with Gasteiger partial charge >= 0.3 is 0 Å². The zero-order valence-electron chi connectivity index (χ0n) is 27.9. The number of aromatic nitrogens is 2. The maximum atomic E-state index is 13.6. The average molecular weight is 652 g/mol. The van der Waals surface area contributed by atoms with Crippen LogP contribution < -0.4 is 5.32 Å². The molecule has 250 valence electrons. The van der Waals surface area contributed by atoms with E-state index in [0.717, 1.165) is 74.7 Å². The molecule has 2 aromatic rings. The molecule has 1 aromatic carbocycles. The third-order valence-corrected chi connectivity index (χ3v) is 11.6. The highest BCUT2D eigenvalue weighted by atomic mass is 32.2. The number of rotatable bonds is 9. The molecule has 46 heavy (non-hydrogen) atoms. The molecule has 3 fully saturated rings. The number of sulfonamides is 1. The van der Waals surface area contributed by atoms with Crippen molar-refractivity contribution in [2.75, 3.05) is 51.3 Å². The number of benzene rings is 1. The van der Waals surface area contributed by atoms with Crippen LogP contribution in [0.3, 0.4) is 0 Å². The van der Waals surface area contributed by atoms with E-state index < -0.39 is 15.4 Å². The molecule has 3 aliphatic rings. The molecule has 1 amide bonds. The fourth-order valence-corrected chi connectivity index (χ4v) is 7.75. The minimum Gasteiger partial charge on any atom is -0.368 e. The van der Waals surface area contributed by atoms with E-state index in [0.29, 0.717) is 37.2 Å². The second-order valence-electron chi connectivity index (χ2n) is 13.7. The van der Waals surface area contributed by atoms with E-state index in [9.17, 15) is 18.5 Å². The first-order chi connectivity index (χ1) is 21.9. The first-order valence-corrected chi connectivity index (χ1v) is 18.4. The Kier molecular flexibility index (Phi) is 10.7. The summed E-state index contributed by atoms with van der Waals surface area (Å²) < 4.78 is 31.9. The molecular formula is C34H49N7O4S. The van der Waals surface area contributed by atoms with Gasteiger partial charge in [-0.3, -0.25) is 4.79 Å². The maximum absolute atomic E-state index is 13.6. The third-order valence-electron chi connectivity index (χ3n) is 10.2. The van der Waals surface area contributed by atoms with Gasteiger partial charge in [0.05, 0.1) is 29.9 Å². The predicted octanol–water partition coefficient (Wildman–Crippen LogP) is 4.27. The summed E-state index contributed by atoms with van der Waals surface area (Å²) >= 11 is 0. The van der Waals surface area contributed by atoms with Crippen LogP contribution in [0.2, 0.25) is 0 Å². The molecule has 0 aliphatic carbocycles. The number of anilines is 1. The number of hydrogen-bond donors (Lipinski definition) is 1. The highest BCUT2D eigenvalue weighted by Crippen LogP contribution is 2.33. The summed E-state index contributed by atoms with van der Waals surface area (Å²) in [5.41, 5.74) is 2.78. The smallest absolute Gasteiger partial charge is 0.272 e. The van der Waals surface area contributed by atoms with E-state index in [2.05, 4.69) is 38.4 Å². The lowest BCUT2D eigenvalue weighted by molar-refractivity contribution is -0.0442. The normalized spacial score (nSPS) is 22.5. The van der Waals surface area contributed by atoms with E-state index >= 15 is 0 Å². The molecule has 0 bridgehead atoms. The van der Waals surface area contributed by atoms with Crippen molar-refractivity contribution in [1.82, 2.24) is 24.1 Å². The number of nitriles is 1. The van der Waals surface area contributed by atoms with Crippen LogP contribution in [0.5, 0.6) is 0 Å². The van der Waals surface area contributed by atoms with Gasteiger partial charge in [0.2, 0.25) is 10.0 Å². The Morgan fingerprint density at radius 3 is 2.37 bits per heavy atom. The largest absolute Gasteiger partial charge is 0.368 e. The lowest BCUT2D eigenvalue weighted by Gasteiger charge is -2.43. The topological polar surface area (TPSA) is 132 Å². The summed E-state index contributed by atoms with van der Waals surface area (Å²) in [6.07, 6.45) is 9.16.